The average Bonchev–Trinajstić information content (AvgIpc) is 2.54. The largest absolute Gasteiger partial charge is 0.374 e. The third-order valence-corrected chi connectivity index (χ3v) is 4.65. The van der Waals surface area contributed by atoms with E-state index in [0.717, 1.165) is 25.3 Å². The van der Waals surface area contributed by atoms with Gasteiger partial charge in [0.05, 0.1) is 36.3 Å². The van der Waals surface area contributed by atoms with Gasteiger partial charge in [-0.3, -0.25) is 4.98 Å². The predicted molar refractivity (Wildman–Crippen MR) is 80.8 cm³/mol. The monoisotopic (exact) mass is 275 g/mol. The number of ether oxygens (including phenoxy) is 1. The van der Waals surface area contributed by atoms with Crippen molar-refractivity contribution in [2.75, 3.05) is 18.1 Å². The second-order valence-electron chi connectivity index (χ2n) is 5.91. The summed E-state index contributed by atoms with van der Waals surface area (Å²) in [6.07, 6.45) is 8.38. The van der Waals surface area contributed by atoms with E-state index >= 15 is 0 Å². The standard InChI is InChI=1S/C16H25N3O/c1-2-13(17)14-8-7-12(11-18-14)19-9-10-20-16-6-4-3-5-15(16)19/h7-8,11,13,15-16H,2-6,9-10,17H2,1H3/t13-,15?,16?/m0/s1. The van der Waals surface area contributed by atoms with E-state index in [1.165, 1.54) is 31.4 Å². The van der Waals surface area contributed by atoms with E-state index in [1.807, 2.05) is 6.20 Å². The number of nitrogens with zero attached hydrogens (tertiary/aromatic N) is 2. The van der Waals surface area contributed by atoms with Crippen LogP contribution in [-0.2, 0) is 4.74 Å². The molecule has 2 heterocycles. The molecule has 2 N–H and O–H groups in total. The highest BCUT2D eigenvalue weighted by molar-refractivity contribution is 5.47. The SMILES string of the molecule is CC[C@H](N)c1ccc(N2CCOC3CCCCC32)cn1. The van der Waals surface area contributed by atoms with Crippen LogP contribution in [0, 0.1) is 0 Å². The van der Waals surface area contributed by atoms with E-state index in [1.54, 1.807) is 0 Å². The maximum atomic E-state index is 6.03. The molecule has 0 radical (unpaired) electrons. The van der Waals surface area contributed by atoms with Crippen molar-refractivity contribution in [3.63, 3.8) is 0 Å². The first-order valence-corrected chi connectivity index (χ1v) is 7.89. The molecule has 1 aromatic heterocycles. The van der Waals surface area contributed by atoms with E-state index in [9.17, 15) is 0 Å². The summed E-state index contributed by atoms with van der Waals surface area (Å²) in [6, 6.07) is 4.84. The van der Waals surface area contributed by atoms with E-state index in [0.29, 0.717) is 12.1 Å². The van der Waals surface area contributed by atoms with Gasteiger partial charge in [-0.2, -0.15) is 0 Å². The minimum Gasteiger partial charge on any atom is -0.374 e. The molecule has 1 saturated carbocycles. The highest BCUT2D eigenvalue weighted by atomic mass is 16.5. The summed E-state index contributed by atoms with van der Waals surface area (Å²) in [5, 5.41) is 0. The Morgan fingerprint density at radius 1 is 1.40 bits per heavy atom. The average molecular weight is 275 g/mol. The third kappa shape index (κ3) is 2.67. The number of pyridine rings is 1. The normalized spacial score (nSPS) is 28.0. The second kappa shape index (κ2) is 6.10. The van der Waals surface area contributed by atoms with Crippen LogP contribution in [0.1, 0.15) is 50.8 Å². The molecule has 3 rings (SSSR count). The Hall–Kier alpha value is -1.13. The molecule has 2 aliphatic rings. The molecule has 1 aromatic rings. The van der Waals surface area contributed by atoms with Crippen LogP contribution in [0.15, 0.2) is 18.3 Å². The molecule has 2 unspecified atom stereocenters. The number of fused-ring (bicyclic) bond motifs is 1. The maximum Gasteiger partial charge on any atom is 0.0779 e. The van der Waals surface area contributed by atoms with Gasteiger partial charge < -0.3 is 15.4 Å². The van der Waals surface area contributed by atoms with Crippen LogP contribution in [-0.4, -0.2) is 30.3 Å². The molecular formula is C16H25N3O. The summed E-state index contributed by atoms with van der Waals surface area (Å²) in [5.74, 6) is 0. The molecule has 110 valence electrons. The van der Waals surface area contributed by atoms with Gasteiger partial charge in [0, 0.05) is 12.6 Å². The molecule has 1 saturated heterocycles. The lowest BCUT2D eigenvalue weighted by molar-refractivity contribution is -0.00870. The van der Waals surface area contributed by atoms with Gasteiger partial charge >= 0.3 is 0 Å². The Balaban J connectivity index is 1.77. The van der Waals surface area contributed by atoms with Gasteiger partial charge in [0.15, 0.2) is 0 Å². The smallest absolute Gasteiger partial charge is 0.0779 e. The van der Waals surface area contributed by atoms with Gasteiger partial charge in [-0.05, 0) is 31.4 Å². The fraction of sp³-hybridized carbons (Fsp3) is 0.688. The van der Waals surface area contributed by atoms with Crippen LogP contribution >= 0.6 is 0 Å². The quantitative estimate of drug-likeness (QED) is 0.921. The van der Waals surface area contributed by atoms with Gasteiger partial charge in [0.2, 0.25) is 0 Å². The lowest BCUT2D eigenvalue weighted by Gasteiger charge is -2.45. The molecule has 4 heteroatoms. The maximum absolute atomic E-state index is 6.03. The zero-order valence-corrected chi connectivity index (χ0v) is 12.3. The summed E-state index contributed by atoms with van der Waals surface area (Å²) in [6.45, 7) is 3.90. The highest BCUT2D eigenvalue weighted by Gasteiger charge is 2.34. The van der Waals surface area contributed by atoms with Crippen molar-refractivity contribution in [3.8, 4) is 0 Å². The summed E-state index contributed by atoms with van der Waals surface area (Å²) < 4.78 is 5.93. The molecule has 1 aliphatic heterocycles. The van der Waals surface area contributed by atoms with Gasteiger partial charge in [0.1, 0.15) is 0 Å². The fourth-order valence-electron chi connectivity index (χ4n) is 3.41. The topological polar surface area (TPSA) is 51.4 Å². The van der Waals surface area contributed by atoms with Crippen LogP contribution in [0.25, 0.3) is 0 Å². The van der Waals surface area contributed by atoms with E-state index in [-0.39, 0.29) is 6.04 Å². The van der Waals surface area contributed by atoms with Crippen molar-refractivity contribution in [2.24, 2.45) is 5.73 Å². The van der Waals surface area contributed by atoms with E-state index in [2.05, 4.69) is 28.9 Å². The Morgan fingerprint density at radius 3 is 3.00 bits per heavy atom. The number of anilines is 1. The Bertz CT molecular complexity index is 432. The van der Waals surface area contributed by atoms with Crippen molar-refractivity contribution < 1.29 is 4.74 Å². The first-order chi connectivity index (χ1) is 9.79. The molecule has 3 atom stereocenters. The number of morpholine rings is 1. The highest BCUT2D eigenvalue weighted by Crippen LogP contribution is 2.31. The summed E-state index contributed by atoms with van der Waals surface area (Å²) >= 11 is 0. The minimum atomic E-state index is 0.0520. The van der Waals surface area contributed by atoms with Crippen LogP contribution in [0.5, 0.6) is 0 Å². The minimum absolute atomic E-state index is 0.0520. The van der Waals surface area contributed by atoms with Crippen molar-refractivity contribution >= 4 is 5.69 Å². The second-order valence-corrected chi connectivity index (χ2v) is 5.91. The summed E-state index contributed by atoms with van der Waals surface area (Å²) in [4.78, 5) is 7.04. The molecule has 0 bridgehead atoms. The molecule has 0 aromatic carbocycles. The summed E-state index contributed by atoms with van der Waals surface area (Å²) in [5.41, 5.74) is 8.24. The molecule has 1 aliphatic carbocycles. The molecule has 2 fully saturated rings. The number of aromatic nitrogens is 1. The van der Waals surface area contributed by atoms with Gasteiger partial charge in [-0.25, -0.2) is 0 Å². The lowest BCUT2D eigenvalue weighted by atomic mass is 9.90. The number of rotatable bonds is 3. The van der Waals surface area contributed by atoms with Gasteiger partial charge in [-0.15, -0.1) is 0 Å². The Kier molecular flexibility index (Phi) is 4.22. The van der Waals surface area contributed by atoms with Gasteiger partial charge in [-0.1, -0.05) is 19.8 Å². The van der Waals surface area contributed by atoms with Gasteiger partial charge in [0.25, 0.3) is 0 Å². The van der Waals surface area contributed by atoms with Crippen LogP contribution < -0.4 is 10.6 Å². The Morgan fingerprint density at radius 2 is 2.25 bits per heavy atom. The Labute approximate surface area is 121 Å². The van der Waals surface area contributed by atoms with E-state index < -0.39 is 0 Å². The van der Waals surface area contributed by atoms with Crippen molar-refractivity contribution in [1.29, 1.82) is 0 Å². The number of nitrogens with two attached hydrogens (primary N) is 1. The van der Waals surface area contributed by atoms with Crippen LogP contribution in [0.3, 0.4) is 0 Å². The lowest BCUT2D eigenvalue weighted by Crippen LogP contribution is -2.52. The molecular weight excluding hydrogens is 250 g/mol. The predicted octanol–water partition coefficient (Wildman–Crippen LogP) is 2.64. The van der Waals surface area contributed by atoms with Crippen molar-refractivity contribution in [3.05, 3.63) is 24.0 Å². The van der Waals surface area contributed by atoms with Crippen molar-refractivity contribution in [1.82, 2.24) is 4.98 Å². The summed E-state index contributed by atoms with van der Waals surface area (Å²) in [7, 11) is 0. The molecule has 0 spiro atoms. The number of hydrogen-bond donors (Lipinski definition) is 1. The zero-order valence-electron chi connectivity index (χ0n) is 12.3. The fourth-order valence-corrected chi connectivity index (χ4v) is 3.41. The first kappa shape index (κ1) is 13.8. The van der Waals surface area contributed by atoms with Crippen molar-refractivity contribution in [2.45, 2.75) is 57.2 Å². The van der Waals surface area contributed by atoms with Crippen LogP contribution in [0.4, 0.5) is 5.69 Å². The number of hydrogen-bond acceptors (Lipinski definition) is 4. The first-order valence-electron chi connectivity index (χ1n) is 7.89. The van der Waals surface area contributed by atoms with E-state index in [4.69, 9.17) is 10.5 Å². The van der Waals surface area contributed by atoms with Crippen LogP contribution in [0.2, 0.25) is 0 Å². The molecule has 4 nitrogen and oxygen atoms in total. The molecule has 20 heavy (non-hydrogen) atoms. The third-order valence-electron chi connectivity index (χ3n) is 4.65. The molecule has 0 amide bonds. The zero-order chi connectivity index (χ0) is 13.9.